The zero-order chi connectivity index (χ0) is 24.1. The van der Waals surface area contributed by atoms with Gasteiger partial charge in [0.2, 0.25) is 4.80 Å². The molecule has 10 heteroatoms. The second-order valence-electron chi connectivity index (χ2n) is 6.84. The first-order valence-corrected chi connectivity index (χ1v) is 10.7. The summed E-state index contributed by atoms with van der Waals surface area (Å²) in [5.74, 6) is -0.816. The molecule has 1 aromatic heterocycles. The fraction of sp³-hybridized carbons (Fsp3) is 0.0833. The molecule has 0 saturated carbocycles. The van der Waals surface area contributed by atoms with Gasteiger partial charge in [0.1, 0.15) is 23.0 Å². The predicted octanol–water partition coefficient (Wildman–Crippen LogP) is 6.22. The van der Waals surface area contributed by atoms with Crippen LogP contribution in [0.3, 0.4) is 0 Å². The molecule has 4 rings (SSSR count). The lowest BCUT2D eigenvalue weighted by Crippen LogP contribution is -2.11. The van der Waals surface area contributed by atoms with Crippen LogP contribution in [-0.4, -0.2) is 24.6 Å². The average molecular weight is 487 g/mol. The molecule has 0 N–H and O–H groups in total. The molecule has 174 valence electrons. The third-order valence-electron chi connectivity index (χ3n) is 4.62. The van der Waals surface area contributed by atoms with Crippen LogP contribution in [0.2, 0.25) is 0 Å². The van der Waals surface area contributed by atoms with E-state index in [-0.39, 0.29) is 11.4 Å². The highest BCUT2D eigenvalue weighted by Gasteiger charge is 2.11. The van der Waals surface area contributed by atoms with Crippen molar-refractivity contribution < 1.29 is 27.0 Å². The number of aromatic nitrogens is 1. The number of nitrogens with zero attached hydrogens (tertiary/aromatic N) is 3. The Balaban J connectivity index is 1.78. The molecule has 0 fully saturated rings. The van der Waals surface area contributed by atoms with Crippen LogP contribution in [0, 0.1) is 11.6 Å². The minimum absolute atomic E-state index is 0.0144. The Morgan fingerprint density at radius 3 is 2.29 bits per heavy atom. The second kappa shape index (κ2) is 10.3. The van der Waals surface area contributed by atoms with Gasteiger partial charge in [0.25, 0.3) is 0 Å². The second-order valence-corrected chi connectivity index (χ2v) is 7.68. The summed E-state index contributed by atoms with van der Waals surface area (Å²) in [6.45, 7) is -2.93. The van der Waals surface area contributed by atoms with Crippen LogP contribution in [0.4, 0.5) is 23.2 Å². The summed E-state index contributed by atoms with van der Waals surface area (Å²) < 4.78 is 63.5. The van der Waals surface area contributed by atoms with Crippen LogP contribution >= 0.6 is 11.3 Å². The van der Waals surface area contributed by atoms with E-state index in [1.54, 1.807) is 43.0 Å². The first-order valence-electron chi connectivity index (χ1n) is 9.87. The average Bonchev–Trinajstić information content (AvgIpc) is 3.22. The maximum Gasteiger partial charge on any atom is 0.387 e. The van der Waals surface area contributed by atoms with Gasteiger partial charge in [-0.25, -0.2) is 18.4 Å². The summed E-state index contributed by atoms with van der Waals surface area (Å²) in [6.07, 6.45) is 1.59. The molecule has 0 amide bonds. The van der Waals surface area contributed by atoms with Crippen molar-refractivity contribution in [3.8, 4) is 22.8 Å². The Morgan fingerprint density at radius 1 is 0.941 bits per heavy atom. The number of methoxy groups -OCH3 is 1. The van der Waals surface area contributed by atoms with Gasteiger partial charge >= 0.3 is 6.61 Å². The van der Waals surface area contributed by atoms with Crippen LogP contribution in [0.25, 0.3) is 11.3 Å². The molecule has 34 heavy (non-hydrogen) atoms. The number of benzene rings is 3. The molecule has 0 atom stereocenters. The molecule has 0 aliphatic rings. The van der Waals surface area contributed by atoms with Gasteiger partial charge in [-0.3, -0.25) is 0 Å². The van der Waals surface area contributed by atoms with Gasteiger partial charge in [0.15, 0.2) is 5.82 Å². The number of halogens is 4. The molecule has 0 bridgehead atoms. The number of rotatable bonds is 7. The Kier molecular flexibility index (Phi) is 7.07. The minimum atomic E-state index is -2.93. The molecule has 0 radical (unpaired) electrons. The lowest BCUT2D eigenvalue weighted by Gasteiger charge is -2.07. The Bertz CT molecular complexity index is 1360. The third kappa shape index (κ3) is 5.52. The number of thiazole rings is 1. The van der Waals surface area contributed by atoms with Crippen molar-refractivity contribution in [3.63, 3.8) is 0 Å². The minimum Gasteiger partial charge on any atom is -0.497 e. The van der Waals surface area contributed by atoms with Crippen molar-refractivity contribution in [3.05, 3.63) is 94.1 Å². The van der Waals surface area contributed by atoms with E-state index in [4.69, 9.17) is 4.74 Å². The predicted molar refractivity (Wildman–Crippen MR) is 122 cm³/mol. The van der Waals surface area contributed by atoms with E-state index < -0.39 is 18.2 Å². The largest absolute Gasteiger partial charge is 0.497 e. The highest BCUT2D eigenvalue weighted by Crippen LogP contribution is 2.25. The summed E-state index contributed by atoms with van der Waals surface area (Å²) >= 11 is 1.19. The van der Waals surface area contributed by atoms with Gasteiger partial charge in [-0.2, -0.15) is 13.9 Å². The molecule has 0 spiro atoms. The van der Waals surface area contributed by atoms with Gasteiger partial charge in [-0.05, 0) is 66.2 Å². The third-order valence-corrected chi connectivity index (χ3v) is 5.44. The number of hydrogen-bond acceptors (Lipinski definition) is 5. The van der Waals surface area contributed by atoms with Crippen LogP contribution in [0.15, 0.2) is 82.2 Å². The summed E-state index contributed by atoms with van der Waals surface area (Å²) in [5.41, 5.74) is 1.94. The van der Waals surface area contributed by atoms with Gasteiger partial charge in [-0.15, -0.1) is 11.3 Å². The zero-order valence-corrected chi connectivity index (χ0v) is 18.5. The van der Waals surface area contributed by atoms with Crippen molar-refractivity contribution in [2.45, 2.75) is 6.61 Å². The van der Waals surface area contributed by atoms with Gasteiger partial charge in [0.05, 0.1) is 19.0 Å². The van der Waals surface area contributed by atoms with Crippen molar-refractivity contribution in [2.75, 3.05) is 7.11 Å². The van der Waals surface area contributed by atoms with E-state index in [9.17, 15) is 17.6 Å². The molecule has 0 aliphatic carbocycles. The van der Waals surface area contributed by atoms with E-state index in [1.807, 2.05) is 12.1 Å². The maximum absolute atomic E-state index is 14.2. The van der Waals surface area contributed by atoms with Crippen molar-refractivity contribution in [2.24, 2.45) is 10.1 Å². The summed E-state index contributed by atoms with van der Waals surface area (Å²) in [4.78, 5) is 4.62. The maximum atomic E-state index is 14.2. The van der Waals surface area contributed by atoms with E-state index in [0.29, 0.717) is 21.8 Å². The SMILES string of the molecule is COc1ccc(/C=N/n2c(-c3ccc(OC(F)F)cc3)csc2=Nc2ccc(F)cc2F)cc1. The molecule has 1 heterocycles. The van der Waals surface area contributed by atoms with Crippen molar-refractivity contribution in [1.82, 2.24) is 4.68 Å². The fourth-order valence-corrected chi connectivity index (χ4v) is 3.83. The molecule has 3 aromatic carbocycles. The summed E-state index contributed by atoms with van der Waals surface area (Å²) in [6, 6.07) is 16.3. The van der Waals surface area contributed by atoms with Crippen LogP contribution in [0.1, 0.15) is 5.56 Å². The molecular weight excluding hydrogens is 470 g/mol. The Labute approximate surface area is 195 Å². The van der Waals surface area contributed by atoms with Gasteiger partial charge in [0, 0.05) is 17.0 Å². The lowest BCUT2D eigenvalue weighted by molar-refractivity contribution is -0.0498. The van der Waals surface area contributed by atoms with Crippen molar-refractivity contribution in [1.29, 1.82) is 0 Å². The van der Waals surface area contributed by atoms with Crippen LogP contribution in [0.5, 0.6) is 11.5 Å². The highest BCUT2D eigenvalue weighted by atomic mass is 32.1. The monoisotopic (exact) mass is 487 g/mol. The fourth-order valence-electron chi connectivity index (χ4n) is 2.98. The van der Waals surface area contributed by atoms with E-state index in [1.165, 1.54) is 34.2 Å². The van der Waals surface area contributed by atoms with E-state index in [0.717, 1.165) is 17.7 Å². The van der Waals surface area contributed by atoms with Gasteiger partial charge in [-0.1, -0.05) is 0 Å². The Hall–Kier alpha value is -3.92. The molecule has 0 aliphatic heterocycles. The smallest absolute Gasteiger partial charge is 0.387 e. The number of alkyl halides is 2. The zero-order valence-electron chi connectivity index (χ0n) is 17.7. The Morgan fingerprint density at radius 2 is 1.65 bits per heavy atom. The molecule has 0 unspecified atom stereocenters. The summed E-state index contributed by atoms with van der Waals surface area (Å²) in [7, 11) is 1.57. The quantitative estimate of drug-likeness (QED) is 0.230. The lowest BCUT2D eigenvalue weighted by atomic mass is 10.2. The number of hydrogen-bond donors (Lipinski definition) is 0. The molecule has 0 saturated heterocycles. The molecule has 5 nitrogen and oxygen atoms in total. The van der Waals surface area contributed by atoms with Crippen LogP contribution < -0.4 is 14.3 Å². The molecule has 4 aromatic rings. The first kappa shape index (κ1) is 23.2. The van der Waals surface area contributed by atoms with Crippen LogP contribution in [-0.2, 0) is 0 Å². The first-order chi connectivity index (χ1) is 16.4. The topological polar surface area (TPSA) is 48.1 Å². The van der Waals surface area contributed by atoms with E-state index >= 15 is 0 Å². The molecular formula is C24H17F4N3O2S. The normalized spacial score (nSPS) is 12.0. The summed E-state index contributed by atoms with van der Waals surface area (Å²) in [5, 5.41) is 6.25. The van der Waals surface area contributed by atoms with Gasteiger partial charge < -0.3 is 9.47 Å². The van der Waals surface area contributed by atoms with E-state index in [2.05, 4.69) is 14.8 Å². The van der Waals surface area contributed by atoms with Crippen molar-refractivity contribution >= 4 is 23.2 Å². The standard InChI is InChI=1S/C24H17F4N3O2S/c1-32-18-7-2-15(3-8-18)13-29-31-22(16-4-9-19(10-5-16)33-23(27)28)14-34-24(31)30-21-11-6-17(25)12-20(21)26/h2-14,23H,1H3/b29-13+,30-24?. The number of ether oxygens (including phenoxy) is 2. The highest BCUT2D eigenvalue weighted by molar-refractivity contribution is 7.07.